The Morgan fingerprint density at radius 3 is 2.53 bits per heavy atom. The summed E-state index contributed by atoms with van der Waals surface area (Å²) >= 11 is 5.71. The molecule has 1 amide bonds. The van der Waals surface area contributed by atoms with Crippen LogP contribution in [-0.4, -0.2) is 56.3 Å². The fourth-order valence-corrected chi connectivity index (χ4v) is 4.80. The number of ether oxygens (including phenoxy) is 1. The molecule has 1 aliphatic rings. The first-order valence-electron chi connectivity index (χ1n) is 9.47. The molecule has 30 heavy (non-hydrogen) atoms. The predicted molar refractivity (Wildman–Crippen MR) is 113 cm³/mol. The van der Waals surface area contributed by atoms with Crippen LogP contribution in [0.3, 0.4) is 0 Å². The second-order valence-corrected chi connectivity index (χ2v) is 8.95. The molecular formula is C21H22ClFN2O4S. The van der Waals surface area contributed by atoms with Gasteiger partial charge in [0.15, 0.2) is 0 Å². The van der Waals surface area contributed by atoms with Gasteiger partial charge in [-0.05, 0) is 37.3 Å². The van der Waals surface area contributed by atoms with Crippen molar-refractivity contribution >= 4 is 33.6 Å². The minimum Gasteiger partial charge on any atom is -0.493 e. The largest absolute Gasteiger partial charge is 0.493 e. The lowest BCUT2D eigenvalue weighted by Gasteiger charge is -2.33. The summed E-state index contributed by atoms with van der Waals surface area (Å²) in [6.07, 6.45) is 3.15. The van der Waals surface area contributed by atoms with Crippen LogP contribution >= 0.6 is 11.6 Å². The Morgan fingerprint density at radius 2 is 1.87 bits per heavy atom. The van der Waals surface area contributed by atoms with Crippen molar-refractivity contribution < 1.29 is 22.3 Å². The summed E-state index contributed by atoms with van der Waals surface area (Å²) < 4.78 is 45.6. The van der Waals surface area contributed by atoms with Crippen LogP contribution in [0.2, 0.25) is 5.02 Å². The number of rotatable bonds is 6. The zero-order chi connectivity index (χ0) is 21.7. The Morgan fingerprint density at radius 1 is 1.17 bits per heavy atom. The second-order valence-electron chi connectivity index (χ2n) is 6.61. The Labute approximate surface area is 180 Å². The van der Waals surface area contributed by atoms with Gasteiger partial charge in [-0.1, -0.05) is 29.8 Å². The topological polar surface area (TPSA) is 66.9 Å². The van der Waals surface area contributed by atoms with Gasteiger partial charge in [-0.15, -0.1) is 0 Å². The molecule has 2 aromatic carbocycles. The van der Waals surface area contributed by atoms with Gasteiger partial charge in [-0.3, -0.25) is 4.79 Å². The summed E-state index contributed by atoms with van der Waals surface area (Å²) in [5.41, 5.74) is 0.794. The highest BCUT2D eigenvalue weighted by atomic mass is 35.5. The van der Waals surface area contributed by atoms with Gasteiger partial charge in [0.25, 0.3) is 0 Å². The number of carbonyl (C=O) groups excluding carboxylic acids is 1. The molecule has 2 aromatic rings. The zero-order valence-corrected chi connectivity index (χ0v) is 18.0. The summed E-state index contributed by atoms with van der Waals surface area (Å²) in [6, 6.07) is 10.7. The average Bonchev–Trinajstić information content (AvgIpc) is 2.75. The lowest BCUT2D eigenvalue weighted by Crippen LogP contribution is -2.50. The van der Waals surface area contributed by atoms with E-state index < -0.39 is 15.8 Å². The fourth-order valence-electron chi connectivity index (χ4n) is 3.11. The first kappa shape index (κ1) is 22.3. The first-order valence-corrected chi connectivity index (χ1v) is 11.3. The Bertz CT molecular complexity index is 1050. The van der Waals surface area contributed by atoms with Gasteiger partial charge in [-0.25, -0.2) is 12.8 Å². The van der Waals surface area contributed by atoms with Crippen LogP contribution in [0.25, 0.3) is 6.08 Å². The number of carbonyl (C=O) groups is 1. The fraction of sp³-hybridized carbons (Fsp3) is 0.286. The van der Waals surface area contributed by atoms with Crippen molar-refractivity contribution in [3.8, 4) is 5.75 Å². The van der Waals surface area contributed by atoms with Crippen LogP contribution in [-0.2, 0) is 14.8 Å². The summed E-state index contributed by atoms with van der Waals surface area (Å²) in [5, 5.41) is -0.248. The quantitative estimate of drug-likeness (QED) is 0.630. The van der Waals surface area contributed by atoms with Crippen molar-refractivity contribution in [2.75, 3.05) is 32.8 Å². The molecule has 6 nitrogen and oxygen atoms in total. The SMILES string of the molecule is CCOc1ccccc1/C=C/C(=O)N1CCN(S(=O)(=O)c2ccc(F)c(Cl)c2)CC1. The number of para-hydroxylation sites is 1. The van der Waals surface area contributed by atoms with Crippen LogP contribution in [0, 0.1) is 5.82 Å². The average molecular weight is 453 g/mol. The van der Waals surface area contributed by atoms with Gasteiger partial charge >= 0.3 is 0 Å². The molecule has 1 saturated heterocycles. The molecule has 0 unspecified atom stereocenters. The number of benzene rings is 2. The van der Waals surface area contributed by atoms with Crippen molar-refractivity contribution in [3.05, 3.63) is 64.9 Å². The minimum atomic E-state index is -3.81. The molecule has 0 aliphatic carbocycles. The van der Waals surface area contributed by atoms with Gasteiger partial charge in [0.1, 0.15) is 11.6 Å². The zero-order valence-electron chi connectivity index (χ0n) is 16.4. The third-order valence-corrected chi connectivity index (χ3v) is 6.89. The van der Waals surface area contributed by atoms with Gasteiger partial charge in [0, 0.05) is 37.8 Å². The number of sulfonamides is 1. The van der Waals surface area contributed by atoms with E-state index in [-0.39, 0.29) is 42.0 Å². The second kappa shape index (κ2) is 9.59. The van der Waals surface area contributed by atoms with Gasteiger partial charge in [0.2, 0.25) is 15.9 Å². The Hall–Kier alpha value is -2.42. The molecule has 1 heterocycles. The number of hydrogen-bond acceptors (Lipinski definition) is 4. The summed E-state index contributed by atoms with van der Waals surface area (Å²) in [7, 11) is -3.81. The lowest BCUT2D eigenvalue weighted by atomic mass is 10.2. The normalized spacial score (nSPS) is 15.5. The van der Waals surface area contributed by atoms with Crippen molar-refractivity contribution in [2.24, 2.45) is 0 Å². The van der Waals surface area contributed by atoms with Crippen molar-refractivity contribution in [2.45, 2.75) is 11.8 Å². The predicted octanol–water partition coefficient (Wildman–Crippen LogP) is 3.42. The van der Waals surface area contributed by atoms with Crippen LogP contribution < -0.4 is 4.74 Å². The third-order valence-electron chi connectivity index (χ3n) is 4.70. The highest BCUT2D eigenvalue weighted by Crippen LogP contribution is 2.23. The molecule has 0 atom stereocenters. The first-order chi connectivity index (χ1) is 14.3. The van der Waals surface area contributed by atoms with Gasteiger partial charge < -0.3 is 9.64 Å². The van der Waals surface area contributed by atoms with Crippen molar-refractivity contribution in [3.63, 3.8) is 0 Å². The molecule has 9 heteroatoms. The third kappa shape index (κ3) is 5.00. The molecule has 160 valence electrons. The lowest BCUT2D eigenvalue weighted by molar-refractivity contribution is -0.127. The highest BCUT2D eigenvalue weighted by molar-refractivity contribution is 7.89. The summed E-state index contributed by atoms with van der Waals surface area (Å²) in [6.45, 7) is 3.21. The van der Waals surface area contributed by atoms with Gasteiger partial charge in [0.05, 0.1) is 16.5 Å². The maximum atomic E-state index is 13.3. The van der Waals surface area contributed by atoms with Gasteiger partial charge in [-0.2, -0.15) is 4.31 Å². The number of amides is 1. The molecule has 1 fully saturated rings. The van der Waals surface area contributed by atoms with E-state index in [2.05, 4.69) is 0 Å². The number of piperazine rings is 1. The smallest absolute Gasteiger partial charge is 0.246 e. The molecule has 0 radical (unpaired) electrons. The number of nitrogens with zero attached hydrogens (tertiary/aromatic N) is 2. The standard InChI is InChI=1S/C21H22ClFN2O4S/c1-2-29-20-6-4-3-5-16(20)7-10-21(26)24-11-13-25(14-12-24)30(27,28)17-8-9-19(23)18(22)15-17/h3-10,15H,2,11-14H2,1H3/b10-7+. The monoisotopic (exact) mass is 452 g/mol. The van der Waals surface area contributed by atoms with Crippen LogP contribution in [0.15, 0.2) is 53.4 Å². The van der Waals surface area contributed by atoms with E-state index in [0.29, 0.717) is 12.4 Å². The maximum absolute atomic E-state index is 13.3. The highest BCUT2D eigenvalue weighted by Gasteiger charge is 2.30. The van der Waals surface area contributed by atoms with E-state index in [4.69, 9.17) is 16.3 Å². The molecule has 1 aliphatic heterocycles. The van der Waals surface area contributed by atoms with E-state index in [1.54, 1.807) is 11.0 Å². The summed E-state index contributed by atoms with van der Waals surface area (Å²) in [5.74, 6) is -0.190. The van der Waals surface area contributed by atoms with Crippen LogP contribution in [0.1, 0.15) is 12.5 Å². The molecule has 0 spiro atoms. The molecule has 0 saturated carbocycles. The Kier molecular flexibility index (Phi) is 7.12. The molecule has 0 bridgehead atoms. The van der Waals surface area contributed by atoms with Crippen LogP contribution in [0.5, 0.6) is 5.75 Å². The number of hydrogen-bond donors (Lipinski definition) is 0. The number of halogens is 2. The molecule has 0 aromatic heterocycles. The molecular weight excluding hydrogens is 431 g/mol. The molecule has 3 rings (SSSR count). The molecule has 0 N–H and O–H groups in total. The van der Waals surface area contributed by atoms with Crippen molar-refractivity contribution in [1.29, 1.82) is 0 Å². The van der Waals surface area contributed by atoms with E-state index in [9.17, 15) is 17.6 Å². The van der Waals surface area contributed by atoms with E-state index in [0.717, 1.165) is 17.7 Å². The van der Waals surface area contributed by atoms with E-state index >= 15 is 0 Å². The van der Waals surface area contributed by atoms with E-state index in [1.165, 1.54) is 16.4 Å². The minimum absolute atomic E-state index is 0.0684. The van der Waals surface area contributed by atoms with E-state index in [1.807, 2.05) is 31.2 Å². The van der Waals surface area contributed by atoms with Crippen molar-refractivity contribution in [1.82, 2.24) is 9.21 Å². The Balaban J connectivity index is 1.63. The van der Waals surface area contributed by atoms with Crippen LogP contribution in [0.4, 0.5) is 4.39 Å². The summed E-state index contributed by atoms with van der Waals surface area (Å²) in [4.78, 5) is 14.0. The maximum Gasteiger partial charge on any atom is 0.246 e.